The van der Waals surface area contributed by atoms with Crippen LogP contribution in [-0.2, 0) is 13.6 Å². The summed E-state index contributed by atoms with van der Waals surface area (Å²) in [6, 6.07) is 0. The molecule has 0 N–H and O–H groups in total. The van der Waals surface area contributed by atoms with E-state index in [9.17, 15) is 13.3 Å². The van der Waals surface area contributed by atoms with E-state index in [4.69, 9.17) is 9.05 Å². The molecule has 3 nitrogen and oxygen atoms in total. The molecule has 1 aliphatic rings. The second-order valence-corrected chi connectivity index (χ2v) is 6.01. The van der Waals surface area contributed by atoms with E-state index in [2.05, 4.69) is 0 Å². The van der Waals surface area contributed by atoms with E-state index in [-0.39, 0.29) is 13.2 Å². The molecule has 1 fully saturated rings. The number of hydrogen-bond acceptors (Lipinski definition) is 3. The van der Waals surface area contributed by atoms with Crippen molar-refractivity contribution < 1.29 is 22.4 Å². The van der Waals surface area contributed by atoms with Gasteiger partial charge in [-0.25, -0.2) is 0 Å². The van der Waals surface area contributed by atoms with Crippen molar-refractivity contribution in [1.82, 2.24) is 0 Å². The highest BCUT2D eigenvalue weighted by molar-refractivity contribution is 7.55. The first kappa shape index (κ1) is 14.1. The van der Waals surface area contributed by atoms with Gasteiger partial charge in [-0.2, -0.15) is 8.78 Å². The van der Waals surface area contributed by atoms with Crippen molar-refractivity contribution in [2.75, 3.05) is 13.2 Å². The third-order valence-electron chi connectivity index (χ3n) is 2.81. The molecular formula is C10H19F2O3P. The Morgan fingerprint density at radius 2 is 1.62 bits per heavy atom. The maximum Gasteiger partial charge on any atom is 0.399 e. The van der Waals surface area contributed by atoms with Crippen LogP contribution in [-0.4, -0.2) is 18.9 Å². The van der Waals surface area contributed by atoms with Gasteiger partial charge >= 0.3 is 13.3 Å². The van der Waals surface area contributed by atoms with Crippen LogP contribution < -0.4 is 0 Å². The second-order valence-electron chi connectivity index (χ2n) is 3.90. The van der Waals surface area contributed by atoms with Gasteiger partial charge in [-0.3, -0.25) is 4.57 Å². The second kappa shape index (κ2) is 5.56. The normalized spacial score (nSPS) is 19.2. The number of halogens is 2. The molecule has 0 spiro atoms. The highest BCUT2D eigenvalue weighted by atomic mass is 31.2. The summed E-state index contributed by atoms with van der Waals surface area (Å²) in [5.74, 6) is -0.864. The largest absolute Gasteiger partial charge is 0.399 e. The first-order valence-electron chi connectivity index (χ1n) is 5.75. The Balaban J connectivity index is 2.85. The lowest BCUT2D eigenvalue weighted by atomic mass is 10.1. The molecule has 0 unspecified atom stereocenters. The Morgan fingerprint density at radius 3 is 2.00 bits per heavy atom. The van der Waals surface area contributed by atoms with E-state index >= 15 is 0 Å². The van der Waals surface area contributed by atoms with Crippen molar-refractivity contribution >= 4 is 7.60 Å². The monoisotopic (exact) mass is 256 g/mol. The quantitative estimate of drug-likeness (QED) is 0.673. The van der Waals surface area contributed by atoms with E-state index in [1.54, 1.807) is 0 Å². The fraction of sp³-hybridized carbons (Fsp3) is 1.00. The number of rotatable bonds is 6. The summed E-state index contributed by atoms with van der Waals surface area (Å²) in [6.45, 7) is 3.02. The fourth-order valence-electron chi connectivity index (χ4n) is 2.05. The van der Waals surface area contributed by atoms with Crippen LogP contribution in [0.5, 0.6) is 0 Å². The van der Waals surface area contributed by atoms with Gasteiger partial charge in [-0.05, 0) is 26.7 Å². The van der Waals surface area contributed by atoms with Crippen molar-refractivity contribution in [3.05, 3.63) is 0 Å². The molecule has 16 heavy (non-hydrogen) atoms. The van der Waals surface area contributed by atoms with Crippen molar-refractivity contribution in [3.63, 3.8) is 0 Å². The first-order chi connectivity index (χ1) is 7.48. The van der Waals surface area contributed by atoms with Crippen molar-refractivity contribution in [1.29, 1.82) is 0 Å². The van der Waals surface area contributed by atoms with Gasteiger partial charge in [0.05, 0.1) is 13.2 Å². The van der Waals surface area contributed by atoms with Gasteiger partial charge in [0, 0.05) is 5.92 Å². The Bertz CT molecular complexity index is 255. The van der Waals surface area contributed by atoms with Gasteiger partial charge in [0.1, 0.15) is 0 Å². The minimum absolute atomic E-state index is 0.0282. The Hall–Kier alpha value is 0.01000. The van der Waals surface area contributed by atoms with Gasteiger partial charge in [0.2, 0.25) is 0 Å². The summed E-state index contributed by atoms with van der Waals surface area (Å²) in [7, 11) is -4.30. The number of hydrogen-bond donors (Lipinski definition) is 0. The molecule has 0 aromatic rings. The summed E-state index contributed by atoms with van der Waals surface area (Å²) < 4.78 is 49.6. The molecule has 1 aliphatic carbocycles. The summed E-state index contributed by atoms with van der Waals surface area (Å²) in [5, 5.41) is 0. The van der Waals surface area contributed by atoms with Crippen LogP contribution in [0, 0.1) is 5.92 Å². The maximum absolute atomic E-state index is 14.0. The predicted molar refractivity (Wildman–Crippen MR) is 57.8 cm³/mol. The smallest absolute Gasteiger partial charge is 0.305 e. The molecule has 0 atom stereocenters. The van der Waals surface area contributed by atoms with E-state index in [0.717, 1.165) is 12.8 Å². The molecule has 0 amide bonds. The molecule has 0 aromatic carbocycles. The molecule has 1 rings (SSSR count). The molecule has 0 radical (unpaired) electrons. The van der Waals surface area contributed by atoms with Gasteiger partial charge in [0.15, 0.2) is 0 Å². The zero-order valence-corrected chi connectivity index (χ0v) is 10.6. The summed E-state index contributed by atoms with van der Waals surface area (Å²) in [6.07, 6.45) is 2.32. The predicted octanol–water partition coefficient (Wildman–Crippen LogP) is 4.04. The fourth-order valence-corrected chi connectivity index (χ4v) is 3.85. The van der Waals surface area contributed by atoms with Gasteiger partial charge in [-0.1, -0.05) is 12.8 Å². The topological polar surface area (TPSA) is 35.5 Å². The standard InChI is InChI=1S/C10H19F2O3P/c1-3-14-16(13,15-4-2)10(11,12)9-7-5-6-8-9/h9H,3-8H2,1-2H3. The maximum atomic E-state index is 14.0. The SMILES string of the molecule is CCOP(=O)(OCC)C(F)(F)C1CCCC1. The van der Waals surface area contributed by atoms with E-state index in [0.29, 0.717) is 12.8 Å². The lowest BCUT2D eigenvalue weighted by molar-refractivity contribution is -0.0101. The lowest BCUT2D eigenvalue weighted by Gasteiger charge is -2.29. The van der Waals surface area contributed by atoms with Gasteiger partial charge < -0.3 is 9.05 Å². The summed E-state index contributed by atoms with van der Waals surface area (Å²) in [4.78, 5) is 0. The number of alkyl halides is 2. The average Bonchev–Trinajstić information content (AvgIpc) is 2.71. The Kier molecular flexibility index (Phi) is 4.89. The van der Waals surface area contributed by atoms with Crippen LogP contribution in [0.4, 0.5) is 8.78 Å². The summed E-state index contributed by atoms with van der Waals surface area (Å²) in [5.41, 5.74) is -3.35. The van der Waals surface area contributed by atoms with E-state index in [1.807, 2.05) is 0 Å². The van der Waals surface area contributed by atoms with Crippen LogP contribution in [0.1, 0.15) is 39.5 Å². The van der Waals surface area contributed by atoms with Crippen molar-refractivity contribution in [2.24, 2.45) is 5.92 Å². The molecular weight excluding hydrogens is 237 g/mol. The average molecular weight is 256 g/mol. The lowest BCUT2D eigenvalue weighted by Crippen LogP contribution is -2.28. The highest BCUT2D eigenvalue weighted by Gasteiger charge is 2.58. The van der Waals surface area contributed by atoms with Crippen LogP contribution in [0.25, 0.3) is 0 Å². The molecule has 96 valence electrons. The van der Waals surface area contributed by atoms with Crippen LogP contribution in [0.2, 0.25) is 0 Å². The van der Waals surface area contributed by atoms with Crippen molar-refractivity contribution in [2.45, 2.75) is 45.2 Å². The van der Waals surface area contributed by atoms with Gasteiger partial charge in [-0.15, -0.1) is 0 Å². The van der Waals surface area contributed by atoms with Gasteiger partial charge in [0.25, 0.3) is 0 Å². The minimum Gasteiger partial charge on any atom is -0.305 e. The Labute approximate surface area is 95.0 Å². The molecule has 0 saturated heterocycles. The minimum atomic E-state index is -4.30. The Morgan fingerprint density at radius 1 is 1.19 bits per heavy atom. The molecule has 0 aliphatic heterocycles. The van der Waals surface area contributed by atoms with Crippen LogP contribution >= 0.6 is 7.60 Å². The van der Waals surface area contributed by atoms with Crippen LogP contribution in [0.3, 0.4) is 0 Å². The molecule has 6 heteroatoms. The molecule has 0 bridgehead atoms. The van der Waals surface area contributed by atoms with Crippen molar-refractivity contribution in [3.8, 4) is 0 Å². The molecule has 0 aromatic heterocycles. The highest BCUT2D eigenvalue weighted by Crippen LogP contribution is 2.66. The van der Waals surface area contributed by atoms with E-state index < -0.39 is 19.2 Å². The zero-order chi connectivity index (χ0) is 12.2. The van der Waals surface area contributed by atoms with E-state index in [1.165, 1.54) is 13.8 Å². The molecule has 1 saturated carbocycles. The summed E-state index contributed by atoms with van der Waals surface area (Å²) >= 11 is 0. The zero-order valence-electron chi connectivity index (χ0n) is 9.75. The van der Waals surface area contributed by atoms with Crippen LogP contribution in [0.15, 0.2) is 0 Å². The third-order valence-corrected chi connectivity index (χ3v) is 5.10. The molecule has 0 heterocycles. The first-order valence-corrected chi connectivity index (χ1v) is 7.29. The third kappa shape index (κ3) is 2.63.